The monoisotopic (exact) mass is 318 g/mol. The Bertz CT molecular complexity index is 778. The summed E-state index contributed by atoms with van der Waals surface area (Å²) < 4.78 is 2.97. The van der Waals surface area contributed by atoms with Crippen LogP contribution in [0.4, 0.5) is 0 Å². The molecule has 2 aromatic heterocycles. The molecule has 0 N–H and O–H groups in total. The van der Waals surface area contributed by atoms with Crippen molar-refractivity contribution in [2.45, 2.75) is 13.0 Å². The van der Waals surface area contributed by atoms with Crippen LogP contribution in [0.3, 0.4) is 0 Å². The second-order valence-corrected chi connectivity index (χ2v) is 4.93. The second kappa shape index (κ2) is 4.62. The molecule has 96 valence electrons. The Balaban J connectivity index is 2.26. The molecule has 0 spiro atoms. The summed E-state index contributed by atoms with van der Waals surface area (Å²) in [5, 5.41) is 0. The van der Waals surface area contributed by atoms with Gasteiger partial charge in [0.15, 0.2) is 11.3 Å². The predicted molar refractivity (Wildman–Crippen MR) is 76.4 cm³/mol. The van der Waals surface area contributed by atoms with E-state index in [1.54, 1.807) is 17.0 Å². The minimum atomic E-state index is -0.183. The van der Waals surface area contributed by atoms with E-state index in [-0.39, 0.29) is 11.7 Å². The topological polar surface area (TPSA) is 52.7 Å². The third-order valence-corrected chi connectivity index (χ3v) is 3.76. The lowest BCUT2D eigenvalue weighted by Crippen LogP contribution is -2.23. The van der Waals surface area contributed by atoms with Gasteiger partial charge < -0.3 is 0 Å². The summed E-state index contributed by atoms with van der Waals surface area (Å²) in [6.07, 6.45) is 3.15. The normalized spacial score (nSPS) is 12.7. The molecule has 1 aromatic carbocycles. The van der Waals surface area contributed by atoms with E-state index < -0.39 is 0 Å². The van der Waals surface area contributed by atoms with Gasteiger partial charge in [0, 0.05) is 12.4 Å². The van der Waals surface area contributed by atoms with Gasteiger partial charge in [0.1, 0.15) is 0 Å². The fraction of sp³-hybridized carbons (Fsp3) is 0.154. The van der Waals surface area contributed by atoms with Crippen LogP contribution in [-0.2, 0) is 0 Å². The first-order chi connectivity index (χ1) is 9.20. The maximum atomic E-state index is 12.3. The van der Waals surface area contributed by atoms with Gasteiger partial charge in [0.25, 0.3) is 0 Å². The van der Waals surface area contributed by atoms with E-state index in [4.69, 9.17) is 0 Å². The van der Waals surface area contributed by atoms with Crippen molar-refractivity contribution in [3.63, 3.8) is 0 Å². The molecular weight excluding hydrogens is 308 g/mol. The zero-order valence-electron chi connectivity index (χ0n) is 10.2. The molecule has 1 atom stereocenters. The van der Waals surface area contributed by atoms with Crippen LogP contribution in [0.1, 0.15) is 18.5 Å². The summed E-state index contributed by atoms with van der Waals surface area (Å²) in [6.45, 7) is 1.97. The SMILES string of the molecule is CC(c1ccccc1)n1c(=O)n(Br)c2nccnc21. The summed E-state index contributed by atoms with van der Waals surface area (Å²) >= 11 is 3.22. The number of aromatic nitrogens is 4. The van der Waals surface area contributed by atoms with Gasteiger partial charge in [-0.25, -0.2) is 18.4 Å². The molecule has 0 bridgehead atoms. The highest BCUT2D eigenvalue weighted by Crippen LogP contribution is 2.20. The summed E-state index contributed by atoms with van der Waals surface area (Å²) in [4.78, 5) is 20.7. The number of imidazole rings is 1. The van der Waals surface area contributed by atoms with Gasteiger partial charge in [-0.1, -0.05) is 30.3 Å². The van der Waals surface area contributed by atoms with Crippen LogP contribution in [0.2, 0.25) is 0 Å². The van der Waals surface area contributed by atoms with Gasteiger partial charge in [-0.15, -0.1) is 0 Å². The van der Waals surface area contributed by atoms with Crippen molar-refractivity contribution in [3.05, 3.63) is 58.8 Å². The third-order valence-electron chi connectivity index (χ3n) is 3.12. The molecule has 19 heavy (non-hydrogen) atoms. The number of halogens is 1. The van der Waals surface area contributed by atoms with Crippen LogP contribution in [0.5, 0.6) is 0 Å². The van der Waals surface area contributed by atoms with Crippen LogP contribution in [-0.4, -0.2) is 18.1 Å². The molecule has 3 aromatic rings. The van der Waals surface area contributed by atoms with E-state index in [1.165, 1.54) is 3.59 Å². The van der Waals surface area contributed by atoms with Crippen LogP contribution < -0.4 is 5.69 Å². The summed E-state index contributed by atoms with van der Waals surface area (Å²) in [5.41, 5.74) is 1.96. The Kier molecular flexibility index (Phi) is 2.94. The van der Waals surface area contributed by atoms with Crippen molar-refractivity contribution in [1.82, 2.24) is 18.1 Å². The number of fused-ring (bicyclic) bond motifs is 1. The highest BCUT2D eigenvalue weighted by atomic mass is 79.9. The molecule has 0 aliphatic heterocycles. The summed E-state index contributed by atoms with van der Waals surface area (Å²) in [7, 11) is 0. The van der Waals surface area contributed by atoms with E-state index in [0.717, 1.165) is 5.56 Å². The summed E-state index contributed by atoms with van der Waals surface area (Å²) in [5.74, 6) is 0. The predicted octanol–water partition coefficient (Wildman–Crippen LogP) is 2.36. The molecule has 0 aliphatic rings. The largest absolute Gasteiger partial charge is 0.342 e. The third kappa shape index (κ3) is 1.88. The van der Waals surface area contributed by atoms with E-state index in [0.29, 0.717) is 11.3 Å². The quantitative estimate of drug-likeness (QED) is 0.729. The zero-order valence-corrected chi connectivity index (χ0v) is 11.8. The highest BCUT2D eigenvalue weighted by Gasteiger charge is 2.19. The molecule has 0 saturated carbocycles. The first-order valence-corrected chi connectivity index (χ1v) is 6.56. The molecule has 0 amide bonds. The average molecular weight is 319 g/mol. The Hall–Kier alpha value is -1.95. The highest BCUT2D eigenvalue weighted by molar-refractivity contribution is 9.08. The van der Waals surface area contributed by atoms with Gasteiger partial charge in [0.2, 0.25) is 0 Å². The van der Waals surface area contributed by atoms with Gasteiger partial charge in [-0.2, -0.15) is 0 Å². The maximum Gasteiger partial charge on any atom is 0.342 e. The number of benzene rings is 1. The van der Waals surface area contributed by atoms with Crippen molar-refractivity contribution >= 4 is 27.4 Å². The molecule has 6 heteroatoms. The minimum Gasteiger partial charge on any atom is -0.267 e. The van der Waals surface area contributed by atoms with Gasteiger partial charge in [0.05, 0.1) is 22.2 Å². The lowest BCUT2D eigenvalue weighted by Gasteiger charge is -2.12. The van der Waals surface area contributed by atoms with Crippen molar-refractivity contribution in [2.24, 2.45) is 0 Å². The Morgan fingerprint density at radius 3 is 2.42 bits per heavy atom. The number of nitrogens with zero attached hydrogens (tertiary/aromatic N) is 4. The van der Waals surface area contributed by atoms with Crippen LogP contribution in [0.15, 0.2) is 47.5 Å². The second-order valence-electron chi connectivity index (χ2n) is 4.22. The van der Waals surface area contributed by atoms with Crippen LogP contribution >= 0.6 is 16.1 Å². The fourth-order valence-corrected chi connectivity index (χ4v) is 2.56. The van der Waals surface area contributed by atoms with Gasteiger partial charge in [-0.3, -0.25) is 4.57 Å². The Morgan fingerprint density at radius 2 is 1.74 bits per heavy atom. The number of rotatable bonds is 2. The first kappa shape index (κ1) is 12.1. The first-order valence-electron chi connectivity index (χ1n) is 5.85. The van der Waals surface area contributed by atoms with E-state index in [2.05, 4.69) is 26.1 Å². The average Bonchev–Trinajstić information content (AvgIpc) is 2.72. The van der Waals surface area contributed by atoms with Crippen LogP contribution in [0.25, 0.3) is 11.3 Å². The fourth-order valence-electron chi connectivity index (χ4n) is 2.14. The lowest BCUT2D eigenvalue weighted by molar-refractivity contribution is 0.628. The van der Waals surface area contributed by atoms with Crippen molar-refractivity contribution in [3.8, 4) is 0 Å². The Morgan fingerprint density at radius 1 is 1.11 bits per heavy atom. The zero-order chi connectivity index (χ0) is 13.4. The van der Waals surface area contributed by atoms with Crippen molar-refractivity contribution in [1.29, 1.82) is 0 Å². The van der Waals surface area contributed by atoms with Crippen molar-refractivity contribution < 1.29 is 0 Å². The molecule has 0 saturated heterocycles. The molecule has 0 fully saturated rings. The van der Waals surface area contributed by atoms with E-state index >= 15 is 0 Å². The maximum absolute atomic E-state index is 12.3. The molecule has 3 rings (SSSR count). The molecule has 0 radical (unpaired) electrons. The van der Waals surface area contributed by atoms with Crippen molar-refractivity contribution in [2.75, 3.05) is 0 Å². The van der Waals surface area contributed by atoms with Gasteiger partial charge in [-0.05, 0) is 12.5 Å². The molecular formula is C13H11BrN4O. The summed E-state index contributed by atoms with van der Waals surface area (Å²) in [6, 6.07) is 9.74. The van der Waals surface area contributed by atoms with E-state index in [9.17, 15) is 4.79 Å². The van der Waals surface area contributed by atoms with E-state index in [1.807, 2.05) is 37.3 Å². The number of hydrogen-bond acceptors (Lipinski definition) is 3. The molecule has 2 heterocycles. The smallest absolute Gasteiger partial charge is 0.267 e. The standard InChI is InChI=1S/C13H11BrN4O/c1-9(10-5-3-2-4-6-10)17-11-12(16-8-7-15-11)18(14)13(17)19/h2-9H,1H3. The lowest BCUT2D eigenvalue weighted by atomic mass is 10.1. The molecule has 5 nitrogen and oxygen atoms in total. The van der Waals surface area contributed by atoms with Gasteiger partial charge >= 0.3 is 5.69 Å². The minimum absolute atomic E-state index is 0.105. The Labute approximate surface area is 117 Å². The molecule has 0 aliphatic carbocycles. The van der Waals surface area contributed by atoms with Crippen LogP contribution in [0, 0.1) is 0 Å². The molecule has 1 unspecified atom stereocenters. The number of hydrogen-bond donors (Lipinski definition) is 0.